The summed E-state index contributed by atoms with van der Waals surface area (Å²) < 4.78 is 10.6. The first-order valence-corrected chi connectivity index (χ1v) is 9.92. The second-order valence-corrected chi connectivity index (χ2v) is 9.43. The molecule has 1 aromatic rings. The van der Waals surface area contributed by atoms with Gasteiger partial charge in [0, 0.05) is 0 Å². The minimum Gasteiger partial charge on any atom is -0.478 e. The number of ether oxygens (including phenoxy) is 2. The van der Waals surface area contributed by atoms with Crippen molar-refractivity contribution in [2.24, 2.45) is 16.2 Å². The lowest BCUT2D eigenvalue weighted by Crippen LogP contribution is -2.45. The molecule has 0 aromatic heterocycles. The van der Waals surface area contributed by atoms with E-state index in [1.165, 1.54) is 18.2 Å². The van der Waals surface area contributed by atoms with Crippen molar-refractivity contribution in [2.75, 3.05) is 13.2 Å². The molecular weight excluding hydrogens is 372 g/mol. The maximum atomic E-state index is 13.0. The molecule has 0 heterocycles. The molecule has 0 saturated heterocycles. The van der Waals surface area contributed by atoms with Crippen molar-refractivity contribution in [3.8, 4) is 0 Å². The molecule has 0 amide bonds. The Morgan fingerprint density at radius 2 is 1.41 bits per heavy atom. The Labute approximate surface area is 173 Å². The highest BCUT2D eigenvalue weighted by atomic mass is 16.6. The molecule has 0 aliphatic heterocycles. The van der Waals surface area contributed by atoms with E-state index < -0.39 is 17.4 Å². The largest absolute Gasteiger partial charge is 0.478 e. The summed E-state index contributed by atoms with van der Waals surface area (Å²) in [6, 6.07) is 5.83. The number of rotatable bonds is 9. The SMILES string of the molecule is CCC(C)(C)C(C)(CC(C)(C)C)C(=O)OCCOC(=O)c1ccccc1C(=O)O. The number of carboxylic acids is 1. The number of carboxylic acid groups (broad SMARTS) is 1. The van der Waals surface area contributed by atoms with E-state index in [1.807, 2.05) is 6.92 Å². The zero-order valence-corrected chi connectivity index (χ0v) is 18.6. The third kappa shape index (κ3) is 6.31. The third-order valence-corrected chi connectivity index (χ3v) is 5.64. The predicted octanol–water partition coefficient (Wildman–Crippen LogP) is 4.96. The molecule has 0 aliphatic rings. The fourth-order valence-electron chi connectivity index (χ4n) is 3.39. The first-order valence-electron chi connectivity index (χ1n) is 9.92. The molecule has 6 heteroatoms. The van der Waals surface area contributed by atoms with Gasteiger partial charge in [-0.3, -0.25) is 4.79 Å². The van der Waals surface area contributed by atoms with E-state index in [4.69, 9.17) is 14.6 Å². The maximum absolute atomic E-state index is 13.0. The molecule has 1 aromatic carbocycles. The molecule has 29 heavy (non-hydrogen) atoms. The number of hydrogen-bond donors (Lipinski definition) is 1. The Morgan fingerprint density at radius 3 is 1.90 bits per heavy atom. The monoisotopic (exact) mass is 406 g/mol. The summed E-state index contributed by atoms with van der Waals surface area (Å²) in [6.07, 6.45) is 1.47. The van der Waals surface area contributed by atoms with Gasteiger partial charge in [-0.25, -0.2) is 9.59 Å². The molecule has 1 rings (SSSR count). The summed E-state index contributed by atoms with van der Waals surface area (Å²) in [6.45, 7) is 14.1. The lowest BCUT2D eigenvalue weighted by atomic mass is 9.59. The summed E-state index contributed by atoms with van der Waals surface area (Å²) in [4.78, 5) is 36.4. The second-order valence-electron chi connectivity index (χ2n) is 9.43. The van der Waals surface area contributed by atoms with Crippen molar-refractivity contribution in [2.45, 2.75) is 61.3 Å². The van der Waals surface area contributed by atoms with E-state index in [2.05, 4.69) is 41.5 Å². The molecular formula is C23H34O6. The van der Waals surface area contributed by atoms with Gasteiger partial charge in [0.25, 0.3) is 0 Å². The van der Waals surface area contributed by atoms with Gasteiger partial charge >= 0.3 is 17.9 Å². The van der Waals surface area contributed by atoms with Crippen molar-refractivity contribution in [3.05, 3.63) is 35.4 Å². The molecule has 1 unspecified atom stereocenters. The topological polar surface area (TPSA) is 89.9 Å². The fourth-order valence-corrected chi connectivity index (χ4v) is 3.39. The molecule has 0 spiro atoms. The van der Waals surface area contributed by atoms with E-state index in [0.29, 0.717) is 6.42 Å². The lowest BCUT2D eigenvalue weighted by Gasteiger charge is -2.45. The summed E-state index contributed by atoms with van der Waals surface area (Å²) in [5.41, 5.74) is -1.19. The first kappa shape index (κ1) is 24.7. The molecule has 162 valence electrons. The highest BCUT2D eigenvalue weighted by molar-refractivity contribution is 6.02. The van der Waals surface area contributed by atoms with Crippen molar-refractivity contribution in [1.82, 2.24) is 0 Å². The molecule has 0 aliphatic carbocycles. The van der Waals surface area contributed by atoms with Gasteiger partial charge in [0.1, 0.15) is 13.2 Å². The molecule has 6 nitrogen and oxygen atoms in total. The van der Waals surface area contributed by atoms with Gasteiger partial charge < -0.3 is 14.6 Å². The van der Waals surface area contributed by atoms with Crippen LogP contribution >= 0.6 is 0 Å². The van der Waals surface area contributed by atoms with Crippen LogP contribution in [0.1, 0.15) is 82.0 Å². The van der Waals surface area contributed by atoms with Crippen LogP contribution in [0.15, 0.2) is 24.3 Å². The predicted molar refractivity (Wildman–Crippen MR) is 111 cm³/mol. The Bertz CT molecular complexity index is 744. The van der Waals surface area contributed by atoms with Crippen LogP contribution in [0.2, 0.25) is 0 Å². The van der Waals surface area contributed by atoms with Crippen LogP contribution in [0, 0.1) is 16.2 Å². The van der Waals surface area contributed by atoms with Gasteiger partial charge in [-0.15, -0.1) is 0 Å². The second kappa shape index (κ2) is 9.42. The van der Waals surface area contributed by atoms with Gasteiger partial charge in [-0.2, -0.15) is 0 Å². The molecule has 1 atom stereocenters. The zero-order valence-electron chi connectivity index (χ0n) is 18.6. The van der Waals surface area contributed by atoms with E-state index in [1.54, 1.807) is 6.07 Å². The van der Waals surface area contributed by atoms with Gasteiger partial charge in [0.05, 0.1) is 16.5 Å². The van der Waals surface area contributed by atoms with Crippen molar-refractivity contribution in [1.29, 1.82) is 0 Å². The van der Waals surface area contributed by atoms with E-state index in [-0.39, 0.29) is 41.1 Å². The average molecular weight is 407 g/mol. The lowest BCUT2D eigenvalue weighted by molar-refractivity contribution is -0.167. The number of carbonyl (C=O) groups excluding carboxylic acids is 2. The maximum Gasteiger partial charge on any atom is 0.339 e. The first-order chi connectivity index (χ1) is 13.2. The average Bonchev–Trinajstić information content (AvgIpc) is 2.63. The van der Waals surface area contributed by atoms with Crippen LogP contribution in [0.3, 0.4) is 0 Å². The fraction of sp³-hybridized carbons (Fsp3) is 0.609. The van der Waals surface area contributed by atoms with Gasteiger partial charge in [0.2, 0.25) is 0 Å². The number of esters is 2. The highest BCUT2D eigenvalue weighted by Crippen LogP contribution is 2.49. The Hall–Kier alpha value is -2.37. The Morgan fingerprint density at radius 1 is 0.897 bits per heavy atom. The van der Waals surface area contributed by atoms with Gasteiger partial charge in [0.15, 0.2) is 0 Å². The smallest absolute Gasteiger partial charge is 0.339 e. The van der Waals surface area contributed by atoms with Gasteiger partial charge in [-0.1, -0.05) is 53.7 Å². The highest BCUT2D eigenvalue weighted by Gasteiger charge is 2.49. The van der Waals surface area contributed by atoms with Crippen molar-refractivity contribution >= 4 is 17.9 Å². The van der Waals surface area contributed by atoms with Crippen LogP contribution in [0.5, 0.6) is 0 Å². The summed E-state index contributed by atoms with van der Waals surface area (Å²) >= 11 is 0. The zero-order chi connectivity index (χ0) is 22.5. The third-order valence-electron chi connectivity index (χ3n) is 5.64. The van der Waals surface area contributed by atoms with Crippen LogP contribution in [0.25, 0.3) is 0 Å². The number of carbonyl (C=O) groups is 3. The Balaban J connectivity index is 2.76. The summed E-state index contributed by atoms with van der Waals surface area (Å²) in [5, 5.41) is 9.16. The quantitative estimate of drug-likeness (QED) is 0.460. The molecule has 1 N–H and O–H groups in total. The minimum absolute atomic E-state index is 0.0315. The molecule has 0 fully saturated rings. The number of hydrogen-bond acceptors (Lipinski definition) is 5. The Kier molecular flexibility index (Phi) is 8.01. The van der Waals surface area contributed by atoms with E-state index >= 15 is 0 Å². The van der Waals surface area contributed by atoms with Gasteiger partial charge in [-0.05, 0) is 42.7 Å². The molecule has 0 saturated carbocycles. The van der Waals surface area contributed by atoms with Crippen LogP contribution < -0.4 is 0 Å². The van der Waals surface area contributed by atoms with Crippen LogP contribution in [0.4, 0.5) is 0 Å². The normalized spacial score (nSPS) is 14.0. The van der Waals surface area contributed by atoms with Crippen LogP contribution in [-0.4, -0.2) is 36.2 Å². The van der Waals surface area contributed by atoms with E-state index in [0.717, 1.165) is 6.42 Å². The minimum atomic E-state index is -1.20. The summed E-state index contributed by atoms with van der Waals surface area (Å²) in [5.74, 6) is -2.28. The van der Waals surface area contributed by atoms with Crippen LogP contribution in [-0.2, 0) is 14.3 Å². The number of benzene rings is 1. The number of aromatic carboxylic acids is 1. The molecule has 0 bridgehead atoms. The molecule has 0 radical (unpaired) electrons. The van der Waals surface area contributed by atoms with Crippen molar-refractivity contribution < 1.29 is 29.0 Å². The van der Waals surface area contributed by atoms with E-state index in [9.17, 15) is 14.4 Å². The summed E-state index contributed by atoms with van der Waals surface area (Å²) in [7, 11) is 0. The van der Waals surface area contributed by atoms with Crippen molar-refractivity contribution in [3.63, 3.8) is 0 Å². The standard InChI is InChI=1S/C23H34O6/c1-8-22(5,6)23(7,15-21(2,3)4)20(27)29-14-13-28-19(26)17-12-10-9-11-16(17)18(24)25/h9-12H,8,13-15H2,1-7H3,(H,24,25).